The van der Waals surface area contributed by atoms with Crippen LogP contribution in [0.15, 0.2) is 22.9 Å². The first-order valence-electron chi connectivity index (χ1n) is 7.37. The molecule has 3 heterocycles. The average Bonchev–Trinajstić information content (AvgIpc) is 3.03. The lowest BCUT2D eigenvalue weighted by Gasteiger charge is -2.27. The van der Waals surface area contributed by atoms with E-state index in [-0.39, 0.29) is 5.91 Å². The molecule has 0 saturated heterocycles. The molecular weight excluding hydrogens is 266 g/mol. The fourth-order valence-electron chi connectivity index (χ4n) is 3.08. The van der Waals surface area contributed by atoms with Gasteiger partial charge in [0.2, 0.25) is 0 Å². The summed E-state index contributed by atoms with van der Waals surface area (Å²) in [6.07, 6.45) is 5.92. The molecule has 1 amide bonds. The van der Waals surface area contributed by atoms with Crippen molar-refractivity contribution in [3.63, 3.8) is 0 Å². The lowest BCUT2D eigenvalue weighted by molar-refractivity contribution is 0.0726. The van der Waals surface area contributed by atoms with Crippen molar-refractivity contribution in [2.24, 2.45) is 5.92 Å². The summed E-state index contributed by atoms with van der Waals surface area (Å²) in [5.41, 5.74) is 0.907. The summed E-state index contributed by atoms with van der Waals surface area (Å²) < 4.78 is 7.71. The van der Waals surface area contributed by atoms with Crippen LogP contribution < -0.4 is 0 Å². The van der Waals surface area contributed by atoms with Crippen molar-refractivity contribution in [2.75, 3.05) is 13.6 Å². The van der Waals surface area contributed by atoms with Crippen LogP contribution in [0.1, 0.15) is 34.1 Å². The van der Waals surface area contributed by atoms with Gasteiger partial charge in [-0.05, 0) is 32.3 Å². The van der Waals surface area contributed by atoms with Gasteiger partial charge in [0.05, 0.1) is 0 Å². The van der Waals surface area contributed by atoms with E-state index in [9.17, 15) is 4.79 Å². The molecule has 2 aromatic rings. The molecule has 0 aromatic carbocycles. The summed E-state index contributed by atoms with van der Waals surface area (Å²) in [5.74, 6) is 2.84. The van der Waals surface area contributed by atoms with Crippen LogP contribution in [0, 0.1) is 19.8 Å². The molecule has 112 valence electrons. The number of carbonyl (C=O) groups is 1. The molecule has 0 bridgehead atoms. The Hall–Kier alpha value is -2.04. The molecule has 3 rings (SSSR count). The molecule has 1 aliphatic heterocycles. The second-order valence-electron chi connectivity index (χ2n) is 5.96. The minimum Gasteiger partial charge on any atom is -0.456 e. The monoisotopic (exact) mass is 287 g/mol. The summed E-state index contributed by atoms with van der Waals surface area (Å²) in [4.78, 5) is 18.6. The Bertz CT molecular complexity index is 656. The standard InChI is InChI=1S/C16H21N3O2/c1-11-8-12(2)21-15(11)16(20)18(3)9-13-4-5-14-17-6-7-19(14)10-13/h6-8,13H,4-5,9-10H2,1-3H3/t13-/m0/s1. The minimum atomic E-state index is -0.0305. The topological polar surface area (TPSA) is 51.3 Å². The van der Waals surface area contributed by atoms with Crippen molar-refractivity contribution in [1.82, 2.24) is 14.5 Å². The van der Waals surface area contributed by atoms with Gasteiger partial charge in [-0.3, -0.25) is 4.79 Å². The SMILES string of the molecule is Cc1cc(C)c(C(=O)N(C)C[C@@H]2CCc3nccn3C2)o1. The fraction of sp³-hybridized carbons (Fsp3) is 0.500. The maximum Gasteiger partial charge on any atom is 0.289 e. The summed E-state index contributed by atoms with van der Waals surface area (Å²) in [6, 6.07) is 1.90. The maximum atomic E-state index is 12.5. The lowest BCUT2D eigenvalue weighted by atomic mass is 9.99. The first kappa shape index (κ1) is 13.9. The molecule has 5 heteroatoms. The van der Waals surface area contributed by atoms with E-state index in [0.29, 0.717) is 11.7 Å². The number of furan rings is 1. The Kier molecular flexibility index (Phi) is 3.57. The highest BCUT2D eigenvalue weighted by atomic mass is 16.4. The number of nitrogens with zero attached hydrogens (tertiary/aromatic N) is 3. The second kappa shape index (κ2) is 5.39. The molecule has 1 aliphatic rings. The van der Waals surface area contributed by atoms with Gasteiger partial charge in [-0.2, -0.15) is 0 Å². The van der Waals surface area contributed by atoms with Gasteiger partial charge in [-0.25, -0.2) is 4.98 Å². The quantitative estimate of drug-likeness (QED) is 0.871. The first-order chi connectivity index (χ1) is 10.0. The van der Waals surface area contributed by atoms with Crippen molar-refractivity contribution < 1.29 is 9.21 Å². The predicted octanol–water partition coefficient (Wildman–Crippen LogP) is 2.43. The molecular formula is C16H21N3O2. The number of amides is 1. The number of fused-ring (bicyclic) bond motifs is 1. The Labute approximate surface area is 124 Å². The summed E-state index contributed by atoms with van der Waals surface area (Å²) in [7, 11) is 1.85. The zero-order valence-corrected chi connectivity index (χ0v) is 12.8. The fourth-order valence-corrected chi connectivity index (χ4v) is 3.08. The van der Waals surface area contributed by atoms with Crippen molar-refractivity contribution in [3.8, 4) is 0 Å². The minimum absolute atomic E-state index is 0.0305. The molecule has 0 N–H and O–H groups in total. The molecule has 0 fully saturated rings. The lowest BCUT2D eigenvalue weighted by Crippen LogP contribution is -2.35. The largest absolute Gasteiger partial charge is 0.456 e. The van der Waals surface area contributed by atoms with E-state index in [1.54, 1.807) is 4.90 Å². The number of rotatable bonds is 3. The van der Waals surface area contributed by atoms with Crippen molar-refractivity contribution in [3.05, 3.63) is 41.4 Å². The third-order valence-electron chi connectivity index (χ3n) is 4.15. The smallest absolute Gasteiger partial charge is 0.289 e. The first-order valence-corrected chi connectivity index (χ1v) is 7.37. The van der Waals surface area contributed by atoms with Crippen LogP contribution in [0.3, 0.4) is 0 Å². The summed E-state index contributed by atoms with van der Waals surface area (Å²) in [5, 5.41) is 0. The van der Waals surface area contributed by atoms with E-state index in [1.807, 2.05) is 39.4 Å². The molecule has 21 heavy (non-hydrogen) atoms. The highest BCUT2D eigenvalue weighted by Crippen LogP contribution is 2.21. The Balaban J connectivity index is 1.65. The van der Waals surface area contributed by atoms with Crippen molar-refractivity contribution in [2.45, 2.75) is 33.2 Å². The molecule has 0 radical (unpaired) electrons. The number of hydrogen-bond donors (Lipinski definition) is 0. The van der Waals surface area contributed by atoms with Gasteiger partial charge >= 0.3 is 0 Å². The van der Waals surface area contributed by atoms with Gasteiger partial charge in [-0.1, -0.05) is 0 Å². The Morgan fingerprint density at radius 3 is 3.05 bits per heavy atom. The molecule has 5 nitrogen and oxygen atoms in total. The van der Waals surface area contributed by atoms with E-state index >= 15 is 0 Å². The molecule has 2 aromatic heterocycles. The van der Waals surface area contributed by atoms with Crippen LogP contribution in [0.4, 0.5) is 0 Å². The van der Waals surface area contributed by atoms with Gasteiger partial charge in [0.25, 0.3) is 5.91 Å². The maximum absolute atomic E-state index is 12.5. The van der Waals surface area contributed by atoms with E-state index < -0.39 is 0 Å². The Morgan fingerprint density at radius 2 is 2.33 bits per heavy atom. The number of aromatic nitrogens is 2. The normalized spacial score (nSPS) is 17.6. The average molecular weight is 287 g/mol. The molecule has 0 saturated carbocycles. The third-order valence-corrected chi connectivity index (χ3v) is 4.15. The number of carbonyl (C=O) groups excluding carboxylic acids is 1. The predicted molar refractivity (Wildman–Crippen MR) is 79.2 cm³/mol. The number of aryl methyl sites for hydroxylation is 3. The zero-order valence-electron chi connectivity index (χ0n) is 12.8. The third kappa shape index (κ3) is 2.73. The van der Waals surface area contributed by atoms with Gasteiger partial charge in [0, 0.05) is 44.5 Å². The van der Waals surface area contributed by atoms with Gasteiger partial charge < -0.3 is 13.9 Å². The second-order valence-corrected chi connectivity index (χ2v) is 5.96. The van der Waals surface area contributed by atoms with E-state index in [2.05, 4.69) is 9.55 Å². The van der Waals surface area contributed by atoms with Crippen LogP contribution in [0.5, 0.6) is 0 Å². The van der Waals surface area contributed by atoms with E-state index in [1.165, 1.54) is 0 Å². The summed E-state index contributed by atoms with van der Waals surface area (Å²) >= 11 is 0. The van der Waals surface area contributed by atoms with Crippen molar-refractivity contribution in [1.29, 1.82) is 0 Å². The summed E-state index contributed by atoms with van der Waals surface area (Å²) in [6.45, 7) is 5.46. The van der Waals surface area contributed by atoms with Crippen LogP contribution in [-0.2, 0) is 13.0 Å². The van der Waals surface area contributed by atoms with Crippen LogP contribution in [0.2, 0.25) is 0 Å². The van der Waals surface area contributed by atoms with Crippen LogP contribution in [0.25, 0.3) is 0 Å². The Morgan fingerprint density at radius 1 is 1.52 bits per heavy atom. The van der Waals surface area contributed by atoms with E-state index in [0.717, 1.165) is 43.1 Å². The van der Waals surface area contributed by atoms with Crippen molar-refractivity contribution >= 4 is 5.91 Å². The molecule has 0 aliphatic carbocycles. The van der Waals surface area contributed by atoms with Crippen LogP contribution in [-0.4, -0.2) is 34.0 Å². The van der Waals surface area contributed by atoms with Gasteiger partial charge in [0.1, 0.15) is 11.6 Å². The molecule has 1 atom stereocenters. The highest BCUT2D eigenvalue weighted by molar-refractivity contribution is 5.92. The molecule has 0 unspecified atom stereocenters. The van der Waals surface area contributed by atoms with Gasteiger partial charge in [0.15, 0.2) is 5.76 Å². The number of imidazole rings is 1. The zero-order chi connectivity index (χ0) is 15.0. The van der Waals surface area contributed by atoms with Gasteiger partial charge in [-0.15, -0.1) is 0 Å². The van der Waals surface area contributed by atoms with E-state index in [4.69, 9.17) is 4.42 Å². The molecule has 0 spiro atoms. The number of hydrogen-bond acceptors (Lipinski definition) is 3. The highest BCUT2D eigenvalue weighted by Gasteiger charge is 2.24. The van der Waals surface area contributed by atoms with Crippen LogP contribution >= 0.6 is 0 Å².